The molecule has 0 aliphatic rings. The lowest BCUT2D eigenvalue weighted by molar-refractivity contribution is 1.18. The highest BCUT2D eigenvalue weighted by Crippen LogP contribution is 2.38. The summed E-state index contributed by atoms with van der Waals surface area (Å²) in [4.78, 5) is 15.5. The van der Waals surface area contributed by atoms with Gasteiger partial charge in [0.1, 0.15) is 11.0 Å². The van der Waals surface area contributed by atoms with Crippen molar-refractivity contribution in [3.63, 3.8) is 0 Å². The molecule has 3 aromatic heterocycles. The Morgan fingerprint density at radius 2 is 0.964 bits per heavy atom. The smallest absolute Gasteiger partial charge is 0.160 e. The fourth-order valence-corrected chi connectivity index (χ4v) is 8.28. The first-order chi connectivity index (χ1) is 27.2. The first kappa shape index (κ1) is 31.4. The number of aromatic nitrogens is 5. The molecule has 0 bridgehead atoms. The Balaban J connectivity index is 1.01. The summed E-state index contributed by atoms with van der Waals surface area (Å²) >= 11 is 1.25. The van der Waals surface area contributed by atoms with Crippen LogP contribution in [0.2, 0.25) is 0 Å². The van der Waals surface area contributed by atoms with Crippen molar-refractivity contribution in [2.75, 3.05) is 0 Å². The van der Waals surface area contributed by atoms with Crippen LogP contribution in [0.15, 0.2) is 176 Å². The summed E-state index contributed by atoms with van der Waals surface area (Å²) in [7, 11) is 0. The molecule has 0 N–H and O–H groups in total. The van der Waals surface area contributed by atoms with Gasteiger partial charge in [0.25, 0.3) is 0 Å². The average Bonchev–Trinajstić information content (AvgIpc) is 3.75. The second-order valence-corrected chi connectivity index (χ2v) is 14.4. The Morgan fingerprint density at radius 3 is 1.75 bits per heavy atom. The molecule has 0 radical (unpaired) electrons. The van der Waals surface area contributed by atoms with Gasteiger partial charge in [-0.25, -0.2) is 15.0 Å². The van der Waals surface area contributed by atoms with Gasteiger partial charge in [-0.15, -0.1) is 0 Å². The van der Waals surface area contributed by atoms with E-state index in [1.165, 1.54) is 27.9 Å². The molecular formula is C49H29N5S. The Bertz CT molecular complexity index is 3180. The highest BCUT2D eigenvalue weighted by Gasteiger charge is 2.16. The summed E-state index contributed by atoms with van der Waals surface area (Å²) in [5.41, 5.74) is 11.8. The molecule has 0 atom stereocenters. The Labute approximate surface area is 320 Å². The second kappa shape index (κ2) is 12.8. The minimum Gasteiger partial charge on any atom is -0.247 e. The van der Waals surface area contributed by atoms with Gasteiger partial charge >= 0.3 is 0 Å². The lowest BCUT2D eigenvalue weighted by Crippen LogP contribution is -1.96. The van der Waals surface area contributed by atoms with E-state index in [9.17, 15) is 0 Å². The van der Waals surface area contributed by atoms with Crippen LogP contribution in [0.25, 0.3) is 111 Å². The molecule has 11 rings (SSSR count). The van der Waals surface area contributed by atoms with Crippen LogP contribution in [0.4, 0.5) is 0 Å². The zero-order chi connectivity index (χ0) is 36.3. The molecule has 11 aromatic rings. The van der Waals surface area contributed by atoms with E-state index in [4.69, 9.17) is 15.0 Å². The molecular weight excluding hydrogens is 691 g/mol. The van der Waals surface area contributed by atoms with Crippen LogP contribution in [0.3, 0.4) is 0 Å². The molecule has 55 heavy (non-hydrogen) atoms. The van der Waals surface area contributed by atoms with Gasteiger partial charge in [-0.05, 0) is 75.1 Å². The van der Waals surface area contributed by atoms with Crippen LogP contribution in [-0.4, -0.2) is 23.7 Å². The minimum atomic E-state index is 0.696. The third-order valence-corrected chi connectivity index (χ3v) is 11.1. The lowest BCUT2D eigenvalue weighted by Gasteiger charge is -2.12. The summed E-state index contributed by atoms with van der Waals surface area (Å²) in [5.74, 6) is 0.696. The zero-order valence-electron chi connectivity index (χ0n) is 29.4. The molecule has 0 saturated heterocycles. The maximum Gasteiger partial charge on any atom is 0.160 e. The molecule has 0 fully saturated rings. The molecule has 0 saturated carbocycles. The van der Waals surface area contributed by atoms with E-state index in [-0.39, 0.29) is 0 Å². The van der Waals surface area contributed by atoms with Crippen LogP contribution < -0.4 is 0 Å². The van der Waals surface area contributed by atoms with Crippen LogP contribution in [0.5, 0.6) is 0 Å². The van der Waals surface area contributed by atoms with Gasteiger partial charge < -0.3 is 0 Å². The number of benzene rings is 8. The van der Waals surface area contributed by atoms with Crippen molar-refractivity contribution in [3.05, 3.63) is 176 Å². The van der Waals surface area contributed by atoms with E-state index in [2.05, 4.69) is 173 Å². The van der Waals surface area contributed by atoms with E-state index >= 15 is 0 Å². The summed E-state index contributed by atoms with van der Waals surface area (Å²) in [6, 6.07) is 61.7. The van der Waals surface area contributed by atoms with Gasteiger partial charge in [0.05, 0.1) is 34.3 Å². The van der Waals surface area contributed by atoms with E-state index in [1.807, 2.05) is 12.1 Å². The largest absolute Gasteiger partial charge is 0.247 e. The van der Waals surface area contributed by atoms with Gasteiger partial charge in [-0.1, -0.05) is 133 Å². The molecule has 8 aromatic carbocycles. The summed E-state index contributed by atoms with van der Waals surface area (Å²) < 4.78 is 9.20. The van der Waals surface area contributed by atoms with Crippen LogP contribution in [0, 0.1) is 0 Å². The SMILES string of the molecule is c1cc(-c2ccc(-c3nc4ccccc4c4c3ccc3nsnc34)cc2)cc(-c2cc(-c3ccc4ccccc4c3)nc(-c3ccc4ccccc4c3)n2)c1. The number of fused-ring (bicyclic) bond motifs is 7. The maximum atomic E-state index is 5.20. The molecule has 0 spiro atoms. The third-order valence-electron chi connectivity index (χ3n) is 10.5. The van der Waals surface area contributed by atoms with E-state index < -0.39 is 0 Å². The van der Waals surface area contributed by atoms with Crippen LogP contribution in [0.1, 0.15) is 0 Å². The van der Waals surface area contributed by atoms with E-state index in [0.29, 0.717) is 5.82 Å². The highest BCUT2D eigenvalue weighted by molar-refractivity contribution is 7.00. The molecule has 5 nitrogen and oxygen atoms in total. The Hall–Kier alpha value is -7.15. The Kier molecular flexibility index (Phi) is 7.28. The van der Waals surface area contributed by atoms with Gasteiger partial charge in [0.2, 0.25) is 0 Å². The van der Waals surface area contributed by atoms with Crippen molar-refractivity contribution in [2.24, 2.45) is 0 Å². The van der Waals surface area contributed by atoms with Crippen molar-refractivity contribution in [1.82, 2.24) is 23.7 Å². The van der Waals surface area contributed by atoms with Crippen molar-refractivity contribution < 1.29 is 0 Å². The van der Waals surface area contributed by atoms with Crippen LogP contribution >= 0.6 is 11.7 Å². The van der Waals surface area contributed by atoms with E-state index in [0.717, 1.165) is 88.6 Å². The predicted molar refractivity (Wildman–Crippen MR) is 228 cm³/mol. The number of nitrogens with zero attached hydrogens (tertiary/aromatic N) is 5. The Morgan fingerprint density at radius 1 is 0.345 bits per heavy atom. The standard InChI is InChI=1S/C49H29N5S/c1-3-10-34-27-38(22-18-30(34)8-1)45-29-44(51-49(52-45)39-23-19-31-9-2-4-11-35(31)28-39)37-13-7-12-36(26-37)32-16-20-33(21-17-32)47-41-24-25-43-48(54-55-53-43)46(41)40-14-5-6-15-42(40)50-47/h1-29H. The maximum absolute atomic E-state index is 5.20. The summed E-state index contributed by atoms with van der Waals surface area (Å²) in [6.07, 6.45) is 0. The number of para-hydroxylation sites is 1. The normalized spacial score (nSPS) is 11.6. The van der Waals surface area contributed by atoms with Gasteiger partial charge in [-0.2, -0.15) is 8.75 Å². The predicted octanol–water partition coefficient (Wildman–Crippen LogP) is 12.8. The summed E-state index contributed by atoms with van der Waals surface area (Å²) in [5, 5.41) is 7.99. The summed E-state index contributed by atoms with van der Waals surface area (Å²) in [6.45, 7) is 0. The first-order valence-corrected chi connectivity index (χ1v) is 19.0. The third kappa shape index (κ3) is 5.50. The fourth-order valence-electron chi connectivity index (χ4n) is 7.73. The quantitative estimate of drug-likeness (QED) is 0.166. The first-order valence-electron chi connectivity index (χ1n) is 18.2. The number of pyridine rings is 1. The zero-order valence-corrected chi connectivity index (χ0v) is 30.2. The van der Waals surface area contributed by atoms with Crippen molar-refractivity contribution >= 4 is 66.0 Å². The fraction of sp³-hybridized carbons (Fsp3) is 0. The molecule has 0 aliphatic carbocycles. The molecule has 0 amide bonds. The molecule has 3 heterocycles. The number of hydrogen-bond donors (Lipinski definition) is 0. The lowest BCUT2D eigenvalue weighted by atomic mass is 9.96. The molecule has 0 unspecified atom stereocenters. The topological polar surface area (TPSA) is 64.5 Å². The number of hydrogen-bond acceptors (Lipinski definition) is 6. The van der Waals surface area contributed by atoms with Gasteiger partial charge in [-0.3, -0.25) is 0 Å². The van der Waals surface area contributed by atoms with Crippen molar-refractivity contribution in [3.8, 4) is 56.3 Å². The van der Waals surface area contributed by atoms with Crippen LogP contribution in [-0.2, 0) is 0 Å². The van der Waals surface area contributed by atoms with Gasteiger partial charge in [0, 0.05) is 38.4 Å². The second-order valence-electron chi connectivity index (χ2n) is 13.8. The molecule has 0 aliphatic heterocycles. The molecule has 256 valence electrons. The van der Waals surface area contributed by atoms with E-state index in [1.54, 1.807) is 0 Å². The minimum absolute atomic E-state index is 0.696. The number of rotatable bonds is 5. The van der Waals surface area contributed by atoms with Crippen molar-refractivity contribution in [2.45, 2.75) is 0 Å². The average molecular weight is 720 g/mol. The molecule has 6 heteroatoms. The van der Waals surface area contributed by atoms with Crippen molar-refractivity contribution in [1.29, 1.82) is 0 Å². The highest BCUT2D eigenvalue weighted by atomic mass is 32.1. The monoisotopic (exact) mass is 719 g/mol. The van der Waals surface area contributed by atoms with Gasteiger partial charge in [0.15, 0.2) is 5.82 Å².